The molecule has 0 saturated heterocycles. The van der Waals surface area contributed by atoms with Gasteiger partial charge in [0.2, 0.25) is 0 Å². The first-order valence-electron chi connectivity index (χ1n) is 2.52. The normalized spacial score (nSPS) is 10.8. The summed E-state index contributed by atoms with van der Waals surface area (Å²) in [7, 11) is 0. The third-order valence-corrected chi connectivity index (χ3v) is 1.25. The van der Waals surface area contributed by atoms with Gasteiger partial charge >= 0.3 is 0 Å². The molecular weight excluding hydrogens is 164 g/mol. The van der Waals surface area contributed by atoms with E-state index in [1.165, 1.54) is 0 Å². The third-order valence-electron chi connectivity index (χ3n) is 0.997. The largest absolute Gasteiger partial charge is 0.442 e. The maximum absolute atomic E-state index is 11.9. The van der Waals surface area contributed by atoms with Crippen LogP contribution in [0.3, 0.4) is 0 Å². The molecule has 0 spiro atoms. The molecule has 0 atom stereocenters. The second-order valence-electron chi connectivity index (χ2n) is 1.60. The number of hydrogen-bond acceptors (Lipinski definition) is 2. The first kappa shape index (κ1) is 7.47. The van der Waals surface area contributed by atoms with Crippen molar-refractivity contribution in [2.24, 2.45) is 0 Å². The van der Waals surface area contributed by atoms with Gasteiger partial charge in [-0.25, -0.2) is 13.8 Å². The molecule has 0 aliphatic heterocycles. The van der Waals surface area contributed by atoms with Crippen LogP contribution in [-0.2, 0) is 5.88 Å². The van der Waals surface area contributed by atoms with Crippen LogP contribution in [0.25, 0.3) is 0 Å². The second kappa shape index (κ2) is 2.96. The Labute approximate surface area is 60.8 Å². The third kappa shape index (κ3) is 1.26. The van der Waals surface area contributed by atoms with E-state index in [0.717, 1.165) is 6.39 Å². The molecule has 5 heteroatoms. The van der Waals surface area contributed by atoms with E-state index in [2.05, 4.69) is 9.40 Å². The number of halogens is 3. The molecule has 0 aliphatic carbocycles. The molecule has 0 bridgehead atoms. The highest BCUT2D eigenvalue weighted by Gasteiger charge is 2.16. The molecule has 0 radical (unpaired) electrons. The van der Waals surface area contributed by atoms with Gasteiger partial charge in [0, 0.05) is 0 Å². The predicted octanol–water partition coefficient (Wildman–Crippen LogP) is 2.35. The summed E-state index contributed by atoms with van der Waals surface area (Å²) in [4.78, 5) is 3.48. The van der Waals surface area contributed by atoms with Crippen LogP contribution in [0, 0.1) is 0 Å². The number of alkyl halides is 3. The second-order valence-corrected chi connectivity index (χ2v) is 1.86. The highest BCUT2D eigenvalue weighted by atomic mass is 35.5. The monoisotopic (exact) mass is 167 g/mol. The Morgan fingerprint density at radius 2 is 2.40 bits per heavy atom. The van der Waals surface area contributed by atoms with Crippen LogP contribution in [-0.4, -0.2) is 4.98 Å². The van der Waals surface area contributed by atoms with E-state index in [4.69, 9.17) is 11.6 Å². The lowest BCUT2D eigenvalue weighted by Gasteiger charge is -1.92. The van der Waals surface area contributed by atoms with E-state index in [-0.39, 0.29) is 11.6 Å². The van der Waals surface area contributed by atoms with Crippen molar-refractivity contribution in [2.75, 3.05) is 0 Å². The van der Waals surface area contributed by atoms with Crippen molar-refractivity contribution in [3.05, 3.63) is 17.8 Å². The summed E-state index contributed by atoms with van der Waals surface area (Å²) in [5.41, 5.74) is 0.108. The Hall–Kier alpha value is -0.640. The minimum Gasteiger partial charge on any atom is -0.442 e. The Kier molecular flexibility index (Phi) is 2.21. The molecule has 1 aromatic rings. The maximum Gasteiger partial charge on any atom is 0.297 e. The number of aromatic nitrogens is 1. The predicted molar refractivity (Wildman–Crippen MR) is 31.0 cm³/mol. The van der Waals surface area contributed by atoms with Crippen molar-refractivity contribution in [1.29, 1.82) is 0 Å². The lowest BCUT2D eigenvalue weighted by Crippen LogP contribution is -1.87. The molecule has 1 heterocycles. The van der Waals surface area contributed by atoms with Crippen LogP contribution in [0.4, 0.5) is 8.78 Å². The van der Waals surface area contributed by atoms with Gasteiger partial charge in [-0.15, -0.1) is 11.6 Å². The van der Waals surface area contributed by atoms with Crippen molar-refractivity contribution < 1.29 is 13.2 Å². The molecule has 0 aliphatic rings. The van der Waals surface area contributed by atoms with Gasteiger partial charge in [-0.05, 0) is 0 Å². The standard InChI is InChI=1S/C5H4ClF2NO/c6-1-3-4(5(7)8)10-2-9-3/h2,5H,1H2. The Morgan fingerprint density at radius 3 is 2.80 bits per heavy atom. The molecule has 0 aromatic carbocycles. The van der Waals surface area contributed by atoms with Crippen molar-refractivity contribution in [3.8, 4) is 0 Å². The summed E-state index contributed by atoms with van der Waals surface area (Å²) in [6.45, 7) is 0. The first-order chi connectivity index (χ1) is 4.75. The fourth-order valence-electron chi connectivity index (χ4n) is 0.556. The van der Waals surface area contributed by atoms with Crippen LogP contribution in [0.15, 0.2) is 10.8 Å². The Bertz CT molecular complexity index is 213. The van der Waals surface area contributed by atoms with Gasteiger partial charge in [-0.1, -0.05) is 0 Å². The quantitative estimate of drug-likeness (QED) is 0.632. The minimum atomic E-state index is -2.63. The van der Waals surface area contributed by atoms with E-state index in [1.54, 1.807) is 0 Å². The van der Waals surface area contributed by atoms with Crippen molar-refractivity contribution in [1.82, 2.24) is 4.98 Å². The van der Waals surface area contributed by atoms with Crippen LogP contribution in [0.5, 0.6) is 0 Å². The summed E-state index contributed by atoms with van der Waals surface area (Å²) in [6, 6.07) is 0. The zero-order valence-electron chi connectivity index (χ0n) is 4.85. The number of nitrogens with zero attached hydrogens (tertiary/aromatic N) is 1. The van der Waals surface area contributed by atoms with Crippen LogP contribution < -0.4 is 0 Å². The van der Waals surface area contributed by atoms with Gasteiger partial charge in [0.25, 0.3) is 6.43 Å². The summed E-state index contributed by atoms with van der Waals surface area (Å²) in [5, 5.41) is 0. The van der Waals surface area contributed by atoms with Gasteiger partial charge in [0.1, 0.15) is 5.69 Å². The first-order valence-corrected chi connectivity index (χ1v) is 3.05. The van der Waals surface area contributed by atoms with E-state index < -0.39 is 12.2 Å². The van der Waals surface area contributed by atoms with Crippen LogP contribution in [0.1, 0.15) is 17.9 Å². The van der Waals surface area contributed by atoms with Gasteiger partial charge in [-0.2, -0.15) is 0 Å². The topological polar surface area (TPSA) is 26.0 Å². The van der Waals surface area contributed by atoms with Crippen LogP contribution >= 0.6 is 11.6 Å². The summed E-state index contributed by atoms with van der Waals surface area (Å²) in [6.07, 6.45) is -1.67. The molecule has 2 nitrogen and oxygen atoms in total. The van der Waals surface area contributed by atoms with Crippen molar-refractivity contribution >= 4 is 11.6 Å². The highest BCUT2D eigenvalue weighted by Crippen LogP contribution is 2.22. The fraction of sp³-hybridized carbons (Fsp3) is 0.400. The SMILES string of the molecule is FC(F)c1ocnc1CCl. The van der Waals surface area contributed by atoms with Gasteiger partial charge in [0.05, 0.1) is 5.88 Å². The summed E-state index contributed by atoms with van der Waals surface area (Å²) >= 11 is 5.26. The molecule has 0 fully saturated rings. The average Bonchev–Trinajstić information content (AvgIpc) is 2.33. The van der Waals surface area contributed by atoms with Crippen molar-refractivity contribution in [2.45, 2.75) is 12.3 Å². The Morgan fingerprint density at radius 1 is 1.70 bits per heavy atom. The zero-order chi connectivity index (χ0) is 7.56. The number of oxazole rings is 1. The van der Waals surface area contributed by atoms with E-state index in [9.17, 15) is 8.78 Å². The average molecular weight is 168 g/mol. The lowest BCUT2D eigenvalue weighted by atomic mass is 10.4. The van der Waals surface area contributed by atoms with Crippen LogP contribution in [0.2, 0.25) is 0 Å². The molecule has 10 heavy (non-hydrogen) atoms. The van der Waals surface area contributed by atoms with E-state index in [0.29, 0.717) is 0 Å². The summed E-state index contributed by atoms with van der Waals surface area (Å²) in [5.74, 6) is -0.481. The summed E-state index contributed by atoms with van der Waals surface area (Å²) < 4.78 is 28.1. The van der Waals surface area contributed by atoms with Gasteiger partial charge in [-0.3, -0.25) is 0 Å². The molecule has 56 valence electrons. The maximum atomic E-state index is 11.9. The molecule has 0 amide bonds. The number of hydrogen-bond donors (Lipinski definition) is 0. The van der Waals surface area contributed by atoms with Gasteiger partial charge in [0.15, 0.2) is 12.2 Å². The lowest BCUT2D eigenvalue weighted by molar-refractivity contribution is 0.120. The molecule has 0 unspecified atom stereocenters. The highest BCUT2D eigenvalue weighted by molar-refractivity contribution is 6.16. The molecule has 0 saturated carbocycles. The Balaban J connectivity index is 2.90. The van der Waals surface area contributed by atoms with E-state index >= 15 is 0 Å². The van der Waals surface area contributed by atoms with E-state index in [1.807, 2.05) is 0 Å². The van der Waals surface area contributed by atoms with Gasteiger partial charge < -0.3 is 4.42 Å². The minimum absolute atomic E-state index is 0.0455. The molecule has 0 N–H and O–H groups in total. The van der Waals surface area contributed by atoms with Crippen molar-refractivity contribution in [3.63, 3.8) is 0 Å². The molecular formula is C5H4ClF2NO. The number of rotatable bonds is 2. The fourth-order valence-corrected chi connectivity index (χ4v) is 0.757. The molecule has 1 aromatic heterocycles. The zero-order valence-corrected chi connectivity index (χ0v) is 5.61. The smallest absolute Gasteiger partial charge is 0.297 e. The molecule has 1 rings (SSSR count).